The summed E-state index contributed by atoms with van der Waals surface area (Å²) in [5.41, 5.74) is 11.6. The van der Waals surface area contributed by atoms with E-state index in [0.29, 0.717) is 17.5 Å². The minimum atomic E-state index is -0.185. The normalized spacial score (nSPS) is 14.3. The van der Waals surface area contributed by atoms with Crippen molar-refractivity contribution >= 4 is 32.6 Å². The largest absolute Gasteiger partial charge is 0.309 e. The van der Waals surface area contributed by atoms with E-state index in [2.05, 4.69) is 129 Å². The monoisotopic (exact) mass is 682 g/mol. The van der Waals surface area contributed by atoms with Gasteiger partial charge in [0.1, 0.15) is 0 Å². The van der Waals surface area contributed by atoms with E-state index in [-0.39, 0.29) is 10.8 Å². The van der Waals surface area contributed by atoms with Crippen LogP contribution in [0.25, 0.3) is 83.6 Å². The van der Waals surface area contributed by atoms with Gasteiger partial charge >= 0.3 is 0 Å². The summed E-state index contributed by atoms with van der Waals surface area (Å²) in [6.07, 6.45) is 0. The molecule has 4 heteroatoms. The molecule has 0 aliphatic heterocycles. The quantitative estimate of drug-likeness (QED) is 0.186. The van der Waals surface area contributed by atoms with Gasteiger partial charge < -0.3 is 4.57 Å². The SMILES string of the molecule is CC1(C)c2ccc3ccccc3c2-c2ccc3c4ccccc4n(-c4ccc(-c5nc(-c6ccccc6)nc(-c6ccccc6)n5)cc4)c3c2C1(C)C. The van der Waals surface area contributed by atoms with E-state index in [1.54, 1.807) is 0 Å². The molecule has 2 heterocycles. The molecule has 0 amide bonds. The number of hydrogen-bond donors (Lipinski definition) is 0. The summed E-state index contributed by atoms with van der Waals surface area (Å²) in [6.45, 7) is 9.71. The van der Waals surface area contributed by atoms with Gasteiger partial charge in [-0.25, -0.2) is 15.0 Å². The topological polar surface area (TPSA) is 43.6 Å². The van der Waals surface area contributed by atoms with Crippen molar-refractivity contribution in [3.63, 3.8) is 0 Å². The summed E-state index contributed by atoms with van der Waals surface area (Å²) >= 11 is 0. The van der Waals surface area contributed by atoms with Gasteiger partial charge in [0.05, 0.1) is 11.0 Å². The molecule has 0 saturated heterocycles. The number of fused-ring (bicyclic) bond motifs is 9. The highest BCUT2D eigenvalue weighted by molar-refractivity contribution is 6.14. The van der Waals surface area contributed by atoms with E-state index >= 15 is 0 Å². The van der Waals surface area contributed by atoms with Gasteiger partial charge in [-0.15, -0.1) is 0 Å². The average Bonchev–Trinajstić information content (AvgIpc) is 3.54. The van der Waals surface area contributed by atoms with Crippen molar-refractivity contribution in [1.29, 1.82) is 0 Å². The van der Waals surface area contributed by atoms with Gasteiger partial charge in [-0.1, -0.05) is 155 Å². The van der Waals surface area contributed by atoms with E-state index in [4.69, 9.17) is 15.0 Å². The van der Waals surface area contributed by atoms with Gasteiger partial charge in [0.25, 0.3) is 0 Å². The minimum Gasteiger partial charge on any atom is -0.309 e. The molecular formula is C49H38N4. The molecule has 10 rings (SSSR count). The summed E-state index contributed by atoms with van der Waals surface area (Å²) in [4.78, 5) is 14.9. The Balaban J connectivity index is 1.20. The smallest absolute Gasteiger partial charge is 0.164 e. The van der Waals surface area contributed by atoms with Crippen molar-refractivity contribution in [2.45, 2.75) is 38.5 Å². The number of nitrogens with zero attached hydrogens (tertiary/aromatic N) is 4. The van der Waals surface area contributed by atoms with E-state index in [0.717, 1.165) is 22.4 Å². The minimum absolute atomic E-state index is 0.135. The van der Waals surface area contributed by atoms with Crippen LogP contribution in [-0.2, 0) is 10.8 Å². The van der Waals surface area contributed by atoms with Gasteiger partial charge in [0, 0.05) is 38.6 Å². The summed E-state index contributed by atoms with van der Waals surface area (Å²) in [5.74, 6) is 1.96. The van der Waals surface area contributed by atoms with Crippen LogP contribution in [0.2, 0.25) is 0 Å². The van der Waals surface area contributed by atoms with E-state index in [1.807, 2.05) is 60.7 Å². The molecule has 0 N–H and O–H groups in total. The number of hydrogen-bond acceptors (Lipinski definition) is 3. The van der Waals surface area contributed by atoms with Crippen molar-refractivity contribution in [2.75, 3.05) is 0 Å². The van der Waals surface area contributed by atoms with Crippen LogP contribution in [-0.4, -0.2) is 19.5 Å². The Morgan fingerprint density at radius 2 is 0.981 bits per heavy atom. The maximum absolute atomic E-state index is 5.00. The van der Waals surface area contributed by atoms with Gasteiger partial charge in [-0.2, -0.15) is 0 Å². The van der Waals surface area contributed by atoms with Crippen molar-refractivity contribution in [2.24, 2.45) is 0 Å². The molecule has 1 aliphatic rings. The first-order valence-electron chi connectivity index (χ1n) is 18.4. The Morgan fingerprint density at radius 1 is 0.434 bits per heavy atom. The molecule has 0 spiro atoms. The van der Waals surface area contributed by atoms with Gasteiger partial charge in [-0.3, -0.25) is 0 Å². The van der Waals surface area contributed by atoms with Crippen molar-refractivity contribution in [1.82, 2.24) is 19.5 Å². The highest BCUT2D eigenvalue weighted by Gasteiger charge is 2.48. The standard InChI is InChI=1S/C49H38N4/c1-48(2)40-30-25-31-15-11-12-20-36(31)42(40)39-29-28-38-37-21-13-14-22-41(37)53(44(38)43(39)49(48,3)4)35-26-23-34(24-27-35)47-51-45(32-16-7-5-8-17-32)50-46(52-47)33-18-9-6-10-19-33/h5-30H,1-4H3. The molecular weight excluding hydrogens is 645 g/mol. The lowest BCUT2D eigenvalue weighted by molar-refractivity contribution is 0.301. The summed E-state index contributed by atoms with van der Waals surface area (Å²) in [6, 6.07) is 56.1. The average molecular weight is 683 g/mol. The first-order valence-corrected chi connectivity index (χ1v) is 18.4. The summed E-state index contributed by atoms with van der Waals surface area (Å²) < 4.78 is 2.49. The fourth-order valence-corrected chi connectivity index (χ4v) is 8.60. The highest BCUT2D eigenvalue weighted by Crippen LogP contribution is 2.58. The van der Waals surface area contributed by atoms with Gasteiger partial charge in [0.2, 0.25) is 0 Å². The lowest BCUT2D eigenvalue weighted by Gasteiger charge is -2.49. The predicted octanol–water partition coefficient (Wildman–Crippen LogP) is 12.4. The first-order chi connectivity index (χ1) is 25.8. The first kappa shape index (κ1) is 31.4. The molecule has 1 aliphatic carbocycles. The Morgan fingerprint density at radius 3 is 1.62 bits per heavy atom. The lowest BCUT2D eigenvalue weighted by atomic mass is 9.54. The van der Waals surface area contributed by atoms with Crippen LogP contribution in [0.4, 0.5) is 0 Å². The highest BCUT2D eigenvalue weighted by atomic mass is 15.0. The molecule has 2 aromatic heterocycles. The maximum atomic E-state index is 5.00. The molecule has 0 saturated carbocycles. The van der Waals surface area contributed by atoms with Crippen molar-refractivity contribution in [3.8, 4) is 51.0 Å². The Kier molecular flexibility index (Phi) is 6.84. The zero-order valence-electron chi connectivity index (χ0n) is 30.3. The number of para-hydroxylation sites is 1. The summed E-state index contributed by atoms with van der Waals surface area (Å²) in [7, 11) is 0. The van der Waals surface area contributed by atoms with Crippen molar-refractivity contribution in [3.05, 3.63) is 169 Å². The van der Waals surface area contributed by atoms with Crippen molar-refractivity contribution < 1.29 is 0 Å². The van der Waals surface area contributed by atoms with Crippen LogP contribution in [0.3, 0.4) is 0 Å². The maximum Gasteiger partial charge on any atom is 0.164 e. The van der Waals surface area contributed by atoms with Crippen LogP contribution >= 0.6 is 0 Å². The molecule has 7 aromatic carbocycles. The van der Waals surface area contributed by atoms with Crippen LogP contribution in [0.5, 0.6) is 0 Å². The van der Waals surface area contributed by atoms with Crippen LogP contribution in [0.1, 0.15) is 38.8 Å². The molecule has 0 atom stereocenters. The third-order valence-corrected chi connectivity index (χ3v) is 12.0. The Hall–Kier alpha value is -6.39. The zero-order valence-corrected chi connectivity index (χ0v) is 30.3. The molecule has 53 heavy (non-hydrogen) atoms. The lowest BCUT2D eigenvalue weighted by Crippen LogP contribution is -2.44. The number of aromatic nitrogens is 4. The third-order valence-electron chi connectivity index (χ3n) is 12.0. The Bertz CT molecular complexity index is 2810. The predicted molar refractivity (Wildman–Crippen MR) is 219 cm³/mol. The molecule has 0 bridgehead atoms. The zero-order chi connectivity index (χ0) is 35.9. The van der Waals surface area contributed by atoms with Crippen LogP contribution < -0.4 is 0 Å². The number of benzene rings is 7. The van der Waals surface area contributed by atoms with Crippen LogP contribution in [0, 0.1) is 0 Å². The molecule has 4 nitrogen and oxygen atoms in total. The molecule has 254 valence electrons. The van der Waals surface area contributed by atoms with E-state index in [1.165, 1.54) is 54.8 Å². The van der Waals surface area contributed by atoms with Gasteiger partial charge in [0.15, 0.2) is 17.5 Å². The van der Waals surface area contributed by atoms with E-state index < -0.39 is 0 Å². The number of rotatable bonds is 4. The molecule has 0 unspecified atom stereocenters. The summed E-state index contributed by atoms with van der Waals surface area (Å²) in [5, 5.41) is 5.11. The Labute approximate surface area is 309 Å². The third kappa shape index (κ3) is 4.65. The fourth-order valence-electron chi connectivity index (χ4n) is 8.60. The van der Waals surface area contributed by atoms with Crippen LogP contribution in [0.15, 0.2) is 158 Å². The second-order valence-corrected chi connectivity index (χ2v) is 15.3. The molecule has 0 radical (unpaired) electrons. The second kappa shape index (κ2) is 11.6. The molecule has 0 fully saturated rings. The molecule has 9 aromatic rings. The fraction of sp³-hybridized carbons (Fsp3) is 0.122. The second-order valence-electron chi connectivity index (χ2n) is 15.3. The van der Waals surface area contributed by atoms with Gasteiger partial charge in [-0.05, 0) is 68.8 Å². The van der Waals surface area contributed by atoms with E-state index in [9.17, 15) is 0 Å².